The van der Waals surface area contributed by atoms with E-state index in [1.807, 2.05) is 49.4 Å². The summed E-state index contributed by atoms with van der Waals surface area (Å²) in [6.07, 6.45) is 3.27. The van der Waals surface area contributed by atoms with Crippen molar-refractivity contribution in [2.24, 2.45) is 0 Å². The fourth-order valence-electron chi connectivity index (χ4n) is 4.35. The topological polar surface area (TPSA) is 160 Å². The molecule has 5 heterocycles. The number of aromatic nitrogens is 7. The van der Waals surface area contributed by atoms with Gasteiger partial charge >= 0.3 is 0 Å². The molecule has 4 N–H and O–H groups in total. The number of benzene rings is 1. The Balaban J connectivity index is 1.38. The average molecular weight is 536 g/mol. The van der Waals surface area contributed by atoms with Crippen molar-refractivity contribution >= 4 is 28.4 Å². The lowest BCUT2D eigenvalue weighted by molar-refractivity contribution is 0.276. The number of fused-ring (bicyclic) bond motifs is 1. The van der Waals surface area contributed by atoms with Gasteiger partial charge < -0.3 is 20.3 Å². The third-order valence-electron chi connectivity index (χ3n) is 6.35. The molecule has 0 saturated carbocycles. The maximum atomic E-state index is 12.2. The van der Waals surface area contributed by atoms with Crippen molar-refractivity contribution in [3.05, 3.63) is 95.0 Å². The van der Waals surface area contributed by atoms with Gasteiger partial charge in [-0.05, 0) is 36.8 Å². The molecule has 200 valence electrons. The molecule has 0 aliphatic rings. The second-order valence-electron chi connectivity index (χ2n) is 8.92. The van der Waals surface area contributed by atoms with Crippen molar-refractivity contribution < 1.29 is 9.63 Å². The molecule has 0 amide bonds. The number of H-pyrrole nitrogens is 1. The Hall–Kier alpha value is -5.36. The highest BCUT2D eigenvalue weighted by molar-refractivity contribution is 5.79. The predicted octanol–water partition coefficient (Wildman–Crippen LogP) is 4.14. The third kappa shape index (κ3) is 4.90. The van der Waals surface area contributed by atoms with Gasteiger partial charge in [-0.1, -0.05) is 41.6 Å². The summed E-state index contributed by atoms with van der Waals surface area (Å²) in [6, 6.07) is 19.9. The van der Waals surface area contributed by atoms with Crippen molar-refractivity contribution in [1.82, 2.24) is 34.9 Å². The van der Waals surface area contributed by atoms with Crippen LogP contribution in [0.1, 0.15) is 18.5 Å². The van der Waals surface area contributed by atoms with Crippen LogP contribution >= 0.6 is 0 Å². The second kappa shape index (κ2) is 10.8. The summed E-state index contributed by atoms with van der Waals surface area (Å²) in [4.78, 5) is 30.2. The first-order valence-corrected chi connectivity index (χ1v) is 12.7. The zero-order valence-electron chi connectivity index (χ0n) is 21.4. The van der Waals surface area contributed by atoms with Gasteiger partial charge in [-0.15, -0.1) is 0 Å². The maximum Gasteiger partial charge on any atom is 0.273 e. The van der Waals surface area contributed by atoms with Gasteiger partial charge in [-0.25, -0.2) is 9.97 Å². The van der Waals surface area contributed by atoms with Crippen molar-refractivity contribution in [2.45, 2.75) is 19.5 Å². The van der Waals surface area contributed by atoms with Crippen LogP contribution in [0.3, 0.4) is 0 Å². The van der Waals surface area contributed by atoms with Gasteiger partial charge in [-0.3, -0.25) is 19.6 Å². The number of rotatable bonds is 9. The first-order valence-electron chi connectivity index (χ1n) is 12.7. The lowest BCUT2D eigenvalue weighted by Gasteiger charge is -2.20. The first-order chi connectivity index (χ1) is 19.6. The Labute approximate surface area is 227 Å². The molecule has 0 saturated heterocycles. The van der Waals surface area contributed by atoms with Crippen molar-refractivity contribution in [3.8, 4) is 23.0 Å². The standard InChI is InChI=1S/C28H25N9O3/c1-2-37-26-18(27(39)35-37)11-12-23(33-26)32-24-14-21(31-22(16-38)17-8-4-3-5-9-17)19(15-30-24)28-34-25(36-40-28)20-10-6-7-13-29-20/h3-15,22,38H,2,16H2,1H3,(H,35,39)(H2,30,31,32,33)/t22-/m1/s1. The number of anilines is 3. The van der Waals surface area contributed by atoms with Crippen LogP contribution in [0.25, 0.3) is 34.0 Å². The van der Waals surface area contributed by atoms with Crippen molar-refractivity contribution in [3.63, 3.8) is 0 Å². The summed E-state index contributed by atoms with van der Waals surface area (Å²) in [5.74, 6) is 1.58. The summed E-state index contributed by atoms with van der Waals surface area (Å²) in [5, 5.41) is 24.2. The van der Waals surface area contributed by atoms with E-state index in [1.165, 1.54) is 0 Å². The molecule has 0 unspecified atom stereocenters. The van der Waals surface area contributed by atoms with Crippen LogP contribution in [-0.4, -0.2) is 46.6 Å². The maximum absolute atomic E-state index is 12.2. The molecule has 40 heavy (non-hydrogen) atoms. The number of aliphatic hydroxyl groups excluding tert-OH is 1. The predicted molar refractivity (Wildman–Crippen MR) is 150 cm³/mol. The monoisotopic (exact) mass is 535 g/mol. The van der Waals surface area contributed by atoms with E-state index >= 15 is 0 Å². The van der Waals surface area contributed by atoms with Crippen LogP contribution < -0.4 is 16.2 Å². The highest BCUT2D eigenvalue weighted by Crippen LogP contribution is 2.33. The molecule has 6 rings (SSSR count). The Kier molecular flexibility index (Phi) is 6.73. The summed E-state index contributed by atoms with van der Waals surface area (Å²) in [5.41, 5.74) is 2.98. The normalized spacial score (nSPS) is 11.9. The van der Waals surface area contributed by atoms with Crippen molar-refractivity contribution in [2.75, 3.05) is 17.2 Å². The quantitative estimate of drug-likeness (QED) is 0.212. The molecule has 0 aliphatic heterocycles. The Morgan fingerprint density at radius 3 is 2.65 bits per heavy atom. The van der Waals surface area contributed by atoms with Gasteiger partial charge in [0.05, 0.1) is 29.3 Å². The number of aryl methyl sites for hydroxylation is 1. The Bertz CT molecular complexity index is 1810. The van der Waals surface area contributed by atoms with Gasteiger partial charge in [0.15, 0.2) is 5.65 Å². The number of aliphatic hydroxyl groups is 1. The van der Waals surface area contributed by atoms with Crippen LogP contribution in [-0.2, 0) is 6.54 Å². The highest BCUT2D eigenvalue weighted by atomic mass is 16.5. The summed E-state index contributed by atoms with van der Waals surface area (Å²) in [6.45, 7) is 2.34. The molecule has 5 aromatic heterocycles. The van der Waals surface area contributed by atoms with Gasteiger partial charge in [0, 0.05) is 25.0 Å². The van der Waals surface area contributed by atoms with Gasteiger partial charge in [0.25, 0.3) is 11.4 Å². The average Bonchev–Trinajstić information content (AvgIpc) is 3.61. The summed E-state index contributed by atoms with van der Waals surface area (Å²) in [7, 11) is 0. The molecule has 0 bridgehead atoms. The van der Waals surface area contributed by atoms with Gasteiger partial charge in [0.1, 0.15) is 17.3 Å². The Morgan fingerprint density at radius 2 is 1.88 bits per heavy atom. The molecule has 0 spiro atoms. The van der Waals surface area contributed by atoms with E-state index in [0.717, 1.165) is 5.56 Å². The van der Waals surface area contributed by atoms with Crippen molar-refractivity contribution in [1.29, 1.82) is 0 Å². The molecule has 12 heteroatoms. The van der Waals surface area contributed by atoms with Crippen LogP contribution in [0, 0.1) is 0 Å². The number of nitrogens with zero attached hydrogens (tertiary/aromatic N) is 6. The molecular weight excluding hydrogens is 510 g/mol. The zero-order chi connectivity index (χ0) is 27.5. The van der Waals surface area contributed by atoms with Crippen LogP contribution in [0.2, 0.25) is 0 Å². The first kappa shape index (κ1) is 24.9. The molecular formula is C28H25N9O3. The highest BCUT2D eigenvalue weighted by Gasteiger charge is 2.20. The largest absolute Gasteiger partial charge is 0.394 e. The minimum atomic E-state index is -0.415. The summed E-state index contributed by atoms with van der Waals surface area (Å²) >= 11 is 0. The van der Waals surface area contributed by atoms with E-state index in [2.05, 4.69) is 40.8 Å². The molecule has 0 fully saturated rings. The minimum absolute atomic E-state index is 0.155. The number of nitrogens with one attached hydrogen (secondary N) is 3. The number of aromatic amines is 1. The second-order valence-corrected chi connectivity index (χ2v) is 8.92. The Morgan fingerprint density at radius 1 is 1.02 bits per heavy atom. The lowest BCUT2D eigenvalue weighted by atomic mass is 10.1. The lowest BCUT2D eigenvalue weighted by Crippen LogP contribution is -2.15. The van der Waals surface area contributed by atoms with E-state index in [0.29, 0.717) is 52.0 Å². The van der Waals surface area contributed by atoms with Crippen LogP contribution in [0.15, 0.2) is 88.4 Å². The van der Waals surface area contributed by atoms with E-state index < -0.39 is 6.04 Å². The fourth-order valence-corrected chi connectivity index (χ4v) is 4.35. The third-order valence-corrected chi connectivity index (χ3v) is 6.35. The zero-order valence-corrected chi connectivity index (χ0v) is 21.4. The van der Waals surface area contributed by atoms with Crippen LogP contribution in [0.4, 0.5) is 17.3 Å². The number of hydrogen-bond donors (Lipinski definition) is 4. The molecule has 12 nitrogen and oxygen atoms in total. The smallest absolute Gasteiger partial charge is 0.273 e. The van der Waals surface area contributed by atoms with Crippen LogP contribution in [0.5, 0.6) is 0 Å². The minimum Gasteiger partial charge on any atom is -0.394 e. The SMILES string of the molecule is CCn1[nH]c(=O)c2ccc(Nc3cc(N[C@H](CO)c4ccccc4)c(-c4nc(-c5ccccn5)no4)cn3)nc21. The molecule has 6 aromatic rings. The number of hydrogen-bond acceptors (Lipinski definition) is 10. The van der Waals surface area contributed by atoms with E-state index in [9.17, 15) is 9.90 Å². The summed E-state index contributed by atoms with van der Waals surface area (Å²) < 4.78 is 7.28. The van der Waals surface area contributed by atoms with Gasteiger partial charge in [0.2, 0.25) is 5.82 Å². The van der Waals surface area contributed by atoms with Gasteiger partial charge in [-0.2, -0.15) is 4.98 Å². The molecule has 0 radical (unpaired) electrons. The molecule has 1 aromatic carbocycles. The fraction of sp³-hybridized carbons (Fsp3) is 0.143. The molecule has 1 atom stereocenters. The van der Waals surface area contributed by atoms with E-state index in [4.69, 9.17) is 4.52 Å². The number of pyridine rings is 3. The van der Waals surface area contributed by atoms with E-state index in [1.54, 1.807) is 41.3 Å². The molecule has 0 aliphatic carbocycles. The van der Waals surface area contributed by atoms with E-state index in [-0.39, 0.29) is 18.1 Å².